The maximum Gasteiger partial charge on any atom is 0.0813 e. The monoisotopic (exact) mass is 206 g/mol. The lowest BCUT2D eigenvalue weighted by molar-refractivity contribution is 0.167. The molecule has 1 aromatic carbocycles. The largest absolute Gasteiger partial charge is 0.504 e. The van der Waals surface area contributed by atoms with Crippen LogP contribution in [0, 0.1) is 0 Å². The summed E-state index contributed by atoms with van der Waals surface area (Å²) in [7, 11) is 1.64. The van der Waals surface area contributed by atoms with Crippen LogP contribution in [0.25, 0.3) is 0 Å². The second kappa shape index (κ2) is 6.25. The highest BCUT2D eigenvalue weighted by atomic mass is 16.5. The Morgan fingerprint density at radius 1 is 1.40 bits per heavy atom. The first-order valence-electron chi connectivity index (χ1n) is 5.15. The van der Waals surface area contributed by atoms with Gasteiger partial charge in [0, 0.05) is 0 Å². The maximum absolute atomic E-state index is 9.87. The molecule has 1 rings (SSSR count). The molecule has 0 unspecified atom stereocenters. The molecule has 1 N–H and O–H groups in total. The van der Waals surface area contributed by atoms with Gasteiger partial charge in [0.1, 0.15) is 0 Å². The molecule has 0 saturated heterocycles. The van der Waals surface area contributed by atoms with Gasteiger partial charge in [-0.15, -0.1) is 0 Å². The molecule has 0 saturated carbocycles. The zero-order valence-corrected chi connectivity index (χ0v) is 9.31. The molecular weight excluding hydrogens is 188 g/mol. The van der Waals surface area contributed by atoms with Crippen molar-refractivity contribution in [1.29, 1.82) is 0 Å². The molecule has 1 aromatic rings. The van der Waals surface area contributed by atoms with E-state index in [9.17, 15) is 5.11 Å². The Labute approximate surface area is 91.2 Å². The highest BCUT2D eigenvalue weighted by Gasteiger charge is 2.06. The second-order valence-corrected chi connectivity index (χ2v) is 3.67. The van der Waals surface area contributed by atoms with Gasteiger partial charge in [-0.1, -0.05) is 30.3 Å². The minimum absolute atomic E-state index is 0.383. The van der Waals surface area contributed by atoms with Crippen LogP contribution in [0.1, 0.15) is 31.4 Å². The van der Waals surface area contributed by atoms with Crippen LogP contribution in [0.5, 0.6) is 0 Å². The lowest BCUT2D eigenvalue weighted by Crippen LogP contribution is -1.97. The Hall–Kier alpha value is -1.28. The first-order chi connectivity index (χ1) is 7.24. The first-order valence-corrected chi connectivity index (χ1v) is 5.15. The van der Waals surface area contributed by atoms with E-state index in [0.717, 1.165) is 24.0 Å². The summed E-state index contributed by atoms with van der Waals surface area (Å²) in [6.07, 6.45) is 2.92. The summed E-state index contributed by atoms with van der Waals surface area (Å²) < 4.78 is 4.90. The molecule has 15 heavy (non-hydrogen) atoms. The van der Waals surface area contributed by atoms with Gasteiger partial charge in [0.05, 0.1) is 19.5 Å². The molecular formula is C13H18O2. The van der Waals surface area contributed by atoms with Gasteiger partial charge in [-0.05, 0) is 30.9 Å². The number of benzene rings is 1. The van der Waals surface area contributed by atoms with E-state index >= 15 is 0 Å². The second-order valence-electron chi connectivity index (χ2n) is 3.67. The van der Waals surface area contributed by atoms with Crippen molar-refractivity contribution in [2.45, 2.75) is 25.9 Å². The maximum atomic E-state index is 9.87. The fourth-order valence-electron chi connectivity index (χ4n) is 1.47. The highest BCUT2D eigenvalue weighted by Crippen LogP contribution is 2.19. The Kier molecular flexibility index (Phi) is 4.91. The van der Waals surface area contributed by atoms with Crippen molar-refractivity contribution in [3.8, 4) is 0 Å². The van der Waals surface area contributed by atoms with E-state index in [1.54, 1.807) is 13.4 Å². The standard InChI is InChI=1S/C13H18O2/c1-11(10-15-2)8-9-13(14)12-6-4-3-5-7-12/h3-7,10,13-14H,8-9H2,1-2H3/b11-10+/t13-/m1/s1. The van der Waals surface area contributed by atoms with Gasteiger partial charge in [-0.2, -0.15) is 0 Å². The van der Waals surface area contributed by atoms with Crippen molar-refractivity contribution in [2.24, 2.45) is 0 Å². The van der Waals surface area contributed by atoms with E-state index in [4.69, 9.17) is 4.74 Å². The molecule has 0 amide bonds. The molecule has 0 aliphatic heterocycles. The molecule has 82 valence electrons. The number of rotatable bonds is 5. The number of hydrogen-bond acceptors (Lipinski definition) is 2. The van der Waals surface area contributed by atoms with Crippen molar-refractivity contribution in [1.82, 2.24) is 0 Å². The number of hydrogen-bond donors (Lipinski definition) is 1. The molecule has 2 nitrogen and oxygen atoms in total. The summed E-state index contributed by atoms with van der Waals surface area (Å²) >= 11 is 0. The number of allylic oxidation sites excluding steroid dienone is 1. The third kappa shape index (κ3) is 4.17. The lowest BCUT2D eigenvalue weighted by atomic mass is 10.0. The van der Waals surface area contributed by atoms with Crippen LogP contribution < -0.4 is 0 Å². The summed E-state index contributed by atoms with van der Waals surface area (Å²) in [6.45, 7) is 2.00. The zero-order chi connectivity index (χ0) is 11.1. The SMILES string of the molecule is CO/C=C(\C)CC[C@@H](O)c1ccccc1. The Balaban J connectivity index is 2.43. The van der Waals surface area contributed by atoms with Crippen LogP contribution in [-0.4, -0.2) is 12.2 Å². The van der Waals surface area contributed by atoms with Crippen molar-refractivity contribution in [3.63, 3.8) is 0 Å². The summed E-state index contributed by atoms with van der Waals surface area (Å²) in [5.41, 5.74) is 2.12. The van der Waals surface area contributed by atoms with Crippen LogP contribution in [0.3, 0.4) is 0 Å². The molecule has 0 aromatic heterocycles. The van der Waals surface area contributed by atoms with E-state index in [0.29, 0.717) is 0 Å². The number of ether oxygens (including phenoxy) is 1. The minimum atomic E-state index is -0.383. The summed E-state index contributed by atoms with van der Waals surface area (Å²) in [6, 6.07) is 9.72. The van der Waals surface area contributed by atoms with Crippen molar-refractivity contribution >= 4 is 0 Å². The molecule has 0 bridgehead atoms. The third-order valence-corrected chi connectivity index (χ3v) is 2.32. The molecule has 1 atom stereocenters. The first kappa shape index (κ1) is 11.8. The Bertz CT molecular complexity index is 304. The van der Waals surface area contributed by atoms with Crippen LogP contribution in [0.2, 0.25) is 0 Å². The van der Waals surface area contributed by atoms with E-state index in [-0.39, 0.29) is 6.10 Å². The average molecular weight is 206 g/mol. The van der Waals surface area contributed by atoms with Crippen molar-refractivity contribution in [3.05, 3.63) is 47.7 Å². The van der Waals surface area contributed by atoms with Crippen molar-refractivity contribution < 1.29 is 9.84 Å². The topological polar surface area (TPSA) is 29.5 Å². The quantitative estimate of drug-likeness (QED) is 0.750. The van der Waals surface area contributed by atoms with Gasteiger partial charge in [-0.25, -0.2) is 0 Å². The van der Waals surface area contributed by atoms with Crippen LogP contribution in [-0.2, 0) is 4.74 Å². The normalized spacial score (nSPS) is 13.7. The van der Waals surface area contributed by atoms with Gasteiger partial charge in [0.25, 0.3) is 0 Å². The number of aliphatic hydroxyl groups is 1. The molecule has 2 heteroatoms. The van der Waals surface area contributed by atoms with E-state index in [2.05, 4.69) is 0 Å². The number of aliphatic hydroxyl groups excluding tert-OH is 1. The average Bonchev–Trinajstić information content (AvgIpc) is 2.27. The molecule has 0 radical (unpaired) electrons. The molecule has 0 heterocycles. The highest BCUT2D eigenvalue weighted by molar-refractivity contribution is 5.17. The van der Waals surface area contributed by atoms with Crippen molar-refractivity contribution in [2.75, 3.05) is 7.11 Å². The third-order valence-electron chi connectivity index (χ3n) is 2.32. The van der Waals surface area contributed by atoms with Gasteiger partial charge in [0.15, 0.2) is 0 Å². The predicted molar refractivity (Wildman–Crippen MR) is 61.4 cm³/mol. The summed E-state index contributed by atoms with van der Waals surface area (Å²) in [5, 5.41) is 9.87. The van der Waals surface area contributed by atoms with Gasteiger partial charge >= 0.3 is 0 Å². The predicted octanol–water partition coefficient (Wildman–Crippen LogP) is 3.05. The van der Waals surface area contributed by atoms with E-state index < -0.39 is 0 Å². The van der Waals surface area contributed by atoms with Crippen LogP contribution in [0.4, 0.5) is 0 Å². The molecule has 0 aliphatic rings. The van der Waals surface area contributed by atoms with Crippen LogP contribution >= 0.6 is 0 Å². The van der Waals surface area contributed by atoms with E-state index in [1.807, 2.05) is 37.3 Å². The fourth-order valence-corrected chi connectivity index (χ4v) is 1.47. The minimum Gasteiger partial charge on any atom is -0.504 e. The van der Waals surface area contributed by atoms with Gasteiger partial charge in [0.2, 0.25) is 0 Å². The molecule has 0 aliphatic carbocycles. The smallest absolute Gasteiger partial charge is 0.0813 e. The van der Waals surface area contributed by atoms with Gasteiger partial charge in [-0.3, -0.25) is 0 Å². The summed E-state index contributed by atoms with van der Waals surface area (Å²) in [5.74, 6) is 0. The molecule has 0 fully saturated rings. The van der Waals surface area contributed by atoms with Gasteiger partial charge < -0.3 is 9.84 Å². The Morgan fingerprint density at radius 3 is 2.67 bits per heavy atom. The Morgan fingerprint density at radius 2 is 2.07 bits per heavy atom. The summed E-state index contributed by atoms with van der Waals surface area (Å²) in [4.78, 5) is 0. The molecule has 0 spiro atoms. The number of methoxy groups -OCH3 is 1. The van der Waals surface area contributed by atoms with E-state index in [1.165, 1.54) is 0 Å². The fraction of sp³-hybridized carbons (Fsp3) is 0.385. The lowest BCUT2D eigenvalue weighted by Gasteiger charge is -2.10. The van der Waals surface area contributed by atoms with Crippen LogP contribution in [0.15, 0.2) is 42.2 Å². The zero-order valence-electron chi connectivity index (χ0n) is 9.31.